The minimum atomic E-state index is -0.344. The van der Waals surface area contributed by atoms with Gasteiger partial charge in [0.05, 0.1) is 34.9 Å². The number of amides is 1. The number of imidazole rings is 1. The summed E-state index contributed by atoms with van der Waals surface area (Å²) in [6, 6.07) is 16.7. The van der Waals surface area contributed by atoms with E-state index in [0.717, 1.165) is 53.4 Å². The maximum atomic E-state index is 12.7. The molecule has 0 spiro atoms. The van der Waals surface area contributed by atoms with Crippen LogP contribution in [0.25, 0.3) is 11.0 Å². The number of aromatic nitrogens is 2. The van der Waals surface area contributed by atoms with Gasteiger partial charge in [-0.1, -0.05) is 55.7 Å². The second-order valence-corrected chi connectivity index (χ2v) is 8.48. The summed E-state index contributed by atoms with van der Waals surface area (Å²) in [6.45, 7) is 4.26. The maximum Gasteiger partial charge on any atom is 0.240 e. The molecule has 1 aliphatic carbocycles. The molecule has 0 bridgehead atoms. The summed E-state index contributed by atoms with van der Waals surface area (Å²) >= 11 is 0. The largest absolute Gasteiger partial charge is 0.348 e. The van der Waals surface area contributed by atoms with Gasteiger partial charge in [-0.15, -0.1) is 0 Å². The topological polar surface area (TPSA) is 70.7 Å². The number of aryl methyl sites for hydroxylation is 1. The van der Waals surface area contributed by atoms with E-state index >= 15 is 0 Å². The van der Waals surface area contributed by atoms with Crippen molar-refractivity contribution in [3.63, 3.8) is 0 Å². The van der Waals surface area contributed by atoms with E-state index in [2.05, 4.69) is 28.5 Å². The Hall–Kier alpha value is -3.13. The molecule has 30 heavy (non-hydrogen) atoms. The second kappa shape index (κ2) is 8.31. The van der Waals surface area contributed by atoms with Gasteiger partial charge in [0.15, 0.2) is 0 Å². The Morgan fingerprint density at radius 1 is 1.20 bits per heavy atom. The van der Waals surface area contributed by atoms with E-state index in [4.69, 9.17) is 0 Å². The second-order valence-electron chi connectivity index (χ2n) is 8.48. The van der Waals surface area contributed by atoms with E-state index in [1.54, 1.807) is 6.33 Å². The summed E-state index contributed by atoms with van der Waals surface area (Å²) in [5.74, 6) is -0.0464. The number of carbonyl (C=O) groups is 1. The van der Waals surface area contributed by atoms with E-state index in [-0.39, 0.29) is 23.9 Å². The standard InChI is InChI=1S/C25H28N4O/c1-18-7-6-8-22-24(18)29(17-27-22)15-23(30)28-19(2)20-9-11-21(12-10-20)25(16-26)13-4-3-5-14-25/h6-12,17,19H,3-5,13-15H2,1-2H3,(H,28,30). The minimum Gasteiger partial charge on any atom is -0.348 e. The predicted molar refractivity (Wildman–Crippen MR) is 118 cm³/mol. The number of rotatable bonds is 5. The van der Waals surface area contributed by atoms with E-state index in [1.807, 2.05) is 48.7 Å². The highest BCUT2D eigenvalue weighted by Crippen LogP contribution is 2.39. The molecule has 1 unspecified atom stereocenters. The predicted octanol–water partition coefficient (Wildman–Crippen LogP) is 4.95. The average Bonchev–Trinajstić information content (AvgIpc) is 3.18. The molecule has 1 amide bonds. The van der Waals surface area contributed by atoms with Crippen molar-refractivity contribution in [2.45, 2.75) is 64.0 Å². The Morgan fingerprint density at radius 2 is 1.93 bits per heavy atom. The number of fused-ring (bicyclic) bond motifs is 1. The van der Waals surface area contributed by atoms with Gasteiger partial charge >= 0.3 is 0 Å². The van der Waals surface area contributed by atoms with Crippen molar-refractivity contribution < 1.29 is 4.79 Å². The SMILES string of the molecule is Cc1cccc2ncn(CC(=O)NC(C)c3ccc(C4(C#N)CCCCC4)cc3)c12. The number of hydrogen-bond donors (Lipinski definition) is 1. The number of para-hydroxylation sites is 1. The molecule has 0 saturated heterocycles. The fourth-order valence-corrected chi connectivity index (χ4v) is 4.67. The quantitative estimate of drug-likeness (QED) is 0.659. The molecule has 2 aromatic carbocycles. The number of nitrogens with one attached hydrogen (secondary N) is 1. The van der Waals surface area contributed by atoms with Crippen molar-refractivity contribution in [2.75, 3.05) is 0 Å². The van der Waals surface area contributed by atoms with Gasteiger partial charge in [-0.25, -0.2) is 4.98 Å². The van der Waals surface area contributed by atoms with Crippen LogP contribution in [0.15, 0.2) is 48.8 Å². The smallest absolute Gasteiger partial charge is 0.240 e. The van der Waals surface area contributed by atoms with Crippen LogP contribution in [-0.2, 0) is 16.8 Å². The molecule has 1 aliphatic rings. The van der Waals surface area contributed by atoms with Gasteiger partial charge in [0.25, 0.3) is 0 Å². The lowest BCUT2D eigenvalue weighted by Crippen LogP contribution is -2.30. The molecular weight excluding hydrogens is 372 g/mol. The number of nitrogens with zero attached hydrogens (tertiary/aromatic N) is 3. The fraction of sp³-hybridized carbons (Fsp3) is 0.400. The number of hydrogen-bond acceptors (Lipinski definition) is 3. The van der Waals surface area contributed by atoms with Gasteiger partial charge in [-0.3, -0.25) is 4.79 Å². The molecule has 0 aliphatic heterocycles. The lowest BCUT2D eigenvalue weighted by Gasteiger charge is -2.31. The van der Waals surface area contributed by atoms with Crippen LogP contribution in [0.5, 0.6) is 0 Å². The van der Waals surface area contributed by atoms with Gasteiger partial charge < -0.3 is 9.88 Å². The van der Waals surface area contributed by atoms with E-state index in [9.17, 15) is 10.1 Å². The highest BCUT2D eigenvalue weighted by molar-refractivity contribution is 5.82. The maximum absolute atomic E-state index is 12.7. The Balaban J connectivity index is 1.44. The first-order chi connectivity index (χ1) is 14.5. The molecule has 1 N–H and O–H groups in total. The molecule has 1 saturated carbocycles. The third-order valence-electron chi connectivity index (χ3n) is 6.42. The van der Waals surface area contributed by atoms with Gasteiger partial charge in [0.1, 0.15) is 6.54 Å². The minimum absolute atomic E-state index is 0.0464. The van der Waals surface area contributed by atoms with Crippen LogP contribution in [0, 0.1) is 18.3 Å². The van der Waals surface area contributed by atoms with Crippen LogP contribution in [-0.4, -0.2) is 15.5 Å². The molecule has 5 heteroatoms. The third-order valence-corrected chi connectivity index (χ3v) is 6.42. The first-order valence-corrected chi connectivity index (χ1v) is 10.7. The van der Waals surface area contributed by atoms with Gasteiger partial charge in [0.2, 0.25) is 5.91 Å². The van der Waals surface area contributed by atoms with E-state index < -0.39 is 0 Å². The highest BCUT2D eigenvalue weighted by atomic mass is 16.2. The third kappa shape index (κ3) is 3.82. The normalized spacial score (nSPS) is 16.7. The Kier molecular flexibility index (Phi) is 5.59. The summed E-state index contributed by atoms with van der Waals surface area (Å²) < 4.78 is 1.90. The average molecular weight is 401 g/mol. The number of nitriles is 1. The first-order valence-electron chi connectivity index (χ1n) is 10.7. The molecule has 5 nitrogen and oxygen atoms in total. The zero-order chi connectivity index (χ0) is 21.1. The van der Waals surface area contributed by atoms with Crippen molar-refractivity contribution >= 4 is 16.9 Å². The van der Waals surface area contributed by atoms with Crippen LogP contribution < -0.4 is 5.32 Å². The molecule has 4 rings (SSSR count). The zero-order valence-electron chi connectivity index (χ0n) is 17.7. The van der Waals surface area contributed by atoms with Crippen LogP contribution >= 0.6 is 0 Å². The van der Waals surface area contributed by atoms with E-state index in [1.165, 1.54) is 6.42 Å². The van der Waals surface area contributed by atoms with Crippen LogP contribution in [0.3, 0.4) is 0 Å². The molecular formula is C25H28N4O. The van der Waals surface area contributed by atoms with E-state index in [0.29, 0.717) is 0 Å². The number of benzene rings is 2. The first kappa shape index (κ1) is 20.2. The molecule has 3 aromatic rings. The zero-order valence-corrected chi connectivity index (χ0v) is 17.7. The summed E-state index contributed by atoms with van der Waals surface area (Å²) in [7, 11) is 0. The lowest BCUT2D eigenvalue weighted by molar-refractivity contribution is -0.122. The summed E-state index contributed by atoms with van der Waals surface area (Å²) in [5.41, 5.74) is 4.81. The Bertz CT molecular complexity index is 1080. The summed E-state index contributed by atoms with van der Waals surface area (Å²) in [4.78, 5) is 17.1. The Labute approximate surface area is 177 Å². The molecule has 154 valence electrons. The lowest BCUT2D eigenvalue weighted by atomic mass is 9.70. The summed E-state index contributed by atoms with van der Waals surface area (Å²) in [6.07, 6.45) is 7.05. The molecule has 1 heterocycles. The molecule has 0 radical (unpaired) electrons. The van der Waals surface area contributed by atoms with Crippen molar-refractivity contribution in [3.05, 3.63) is 65.5 Å². The van der Waals surface area contributed by atoms with Crippen molar-refractivity contribution in [3.8, 4) is 6.07 Å². The van der Waals surface area contributed by atoms with Crippen LogP contribution in [0.2, 0.25) is 0 Å². The van der Waals surface area contributed by atoms with Crippen molar-refractivity contribution in [1.82, 2.24) is 14.9 Å². The van der Waals surface area contributed by atoms with Crippen LogP contribution in [0.1, 0.15) is 61.8 Å². The van der Waals surface area contributed by atoms with Crippen molar-refractivity contribution in [2.24, 2.45) is 0 Å². The molecule has 1 aromatic heterocycles. The Morgan fingerprint density at radius 3 is 2.63 bits per heavy atom. The van der Waals surface area contributed by atoms with Crippen molar-refractivity contribution in [1.29, 1.82) is 5.26 Å². The number of carbonyl (C=O) groups excluding carboxylic acids is 1. The molecule has 1 fully saturated rings. The monoisotopic (exact) mass is 400 g/mol. The fourth-order valence-electron chi connectivity index (χ4n) is 4.67. The highest BCUT2D eigenvalue weighted by Gasteiger charge is 2.33. The van der Waals surface area contributed by atoms with Gasteiger partial charge in [-0.05, 0) is 49.4 Å². The van der Waals surface area contributed by atoms with Gasteiger partial charge in [-0.2, -0.15) is 5.26 Å². The van der Waals surface area contributed by atoms with Gasteiger partial charge in [0, 0.05) is 0 Å². The summed E-state index contributed by atoms with van der Waals surface area (Å²) in [5, 5.41) is 12.9. The van der Waals surface area contributed by atoms with Crippen LogP contribution in [0.4, 0.5) is 0 Å². The molecule has 1 atom stereocenters.